The lowest BCUT2D eigenvalue weighted by Gasteiger charge is -2.26. The highest BCUT2D eigenvalue weighted by molar-refractivity contribution is 5.66. The van der Waals surface area contributed by atoms with Crippen LogP contribution in [0.3, 0.4) is 0 Å². The van der Waals surface area contributed by atoms with Gasteiger partial charge in [0.1, 0.15) is 12.4 Å². The SMILES string of the molecule is COc1cc(CN2CC=C(c3ccc(F)cc3)CC2)ccc1OCc1ccccc1. The second-order valence-corrected chi connectivity index (χ2v) is 7.48. The molecule has 3 aromatic carbocycles. The maximum Gasteiger partial charge on any atom is 0.161 e. The van der Waals surface area contributed by atoms with E-state index in [1.54, 1.807) is 7.11 Å². The molecule has 0 saturated carbocycles. The summed E-state index contributed by atoms with van der Waals surface area (Å²) in [5.74, 6) is 1.31. The third kappa shape index (κ3) is 5.08. The largest absolute Gasteiger partial charge is 0.493 e. The van der Waals surface area contributed by atoms with Crippen LogP contribution in [-0.2, 0) is 13.2 Å². The zero-order chi connectivity index (χ0) is 20.8. The topological polar surface area (TPSA) is 21.7 Å². The molecule has 0 saturated heterocycles. The van der Waals surface area contributed by atoms with Crippen LogP contribution in [0, 0.1) is 5.82 Å². The van der Waals surface area contributed by atoms with Crippen LogP contribution >= 0.6 is 0 Å². The summed E-state index contributed by atoms with van der Waals surface area (Å²) in [5.41, 5.74) is 4.71. The highest BCUT2D eigenvalue weighted by Crippen LogP contribution is 2.30. The Morgan fingerprint density at radius 3 is 2.40 bits per heavy atom. The zero-order valence-corrected chi connectivity index (χ0v) is 17.2. The standard InChI is InChI=1S/C26H26FNO2/c1-29-26-17-21(7-12-25(26)30-19-20-5-3-2-4-6-20)18-28-15-13-23(14-16-28)22-8-10-24(27)11-9-22/h2-13,17H,14-16,18-19H2,1H3. The van der Waals surface area contributed by atoms with Gasteiger partial charge in [0.2, 0.25) is 0 Å². The van der Waals surface area contributed by atoms with Crippen LogP contribution in [0.25, 0.3) is 5.57 Å². The van der Waals surface area contributed by atoms with E-state index in [1.165, 1.54) is 23.3 Å². The highest BCUT2D eigenvalue weighted by atomic mass is 19.1. The summed E-state index contributed by atoms with van der Waals surface area (Å²) in [6.07, 6.45) is 3.20. The molecule has 1 aliphatic rings. The predicted molar refractivity (Wildman–Crippen MR) is 118 cm³/mol. The minimum atomic E-state index is -0.193. The van der Waals surface area contributed by atoms with Gasteiger partial charge in [0, 0.05) is 19.6 Å². The van der Waals surface area contributed by atoms with Gasteiger partial charge in [0.05, 0.1) is 7.11 Å². The monoisotopic (exact) mass is 403 g/mol. The summed E-state index contributed by atoms with van der Waals surface area (Å²) < 4.78 is 24.7. The zero-order valence-electron chi connectivity index (χ0n) is 17.2. The molecule has 0 atom stereocenters. The van der Waals surface area contributed by atoms with E-state index in [0.717, 1.165) is 48.7 Å². The minimum Gasteiger partial charge on any atom is -0.493 e. The van der Waals surface area contributed by atoms with Crippen molar-refractivity contribution < 1.29 is 13.9 Å². The van der Waals surface area contributed by atoms with Gasteiger partial charge >= 0.3 is 0 Å². The maximum atomic E-state index is 13.1. The van der Waals surface area contributed by atoms with E-state index in [9.17, 15) is 4.39 Å². The van der Waals surface area contributed by atoms with Crippen LogP contribution in [0.5, 0.6) is 11.5 Å². The van der Waals surface area contributed by atoms with E-state index in [0.29, 0.717) is 6.61 Å². The molecule has 0 amide bonds. The molecule has 0 aliphatic carbocycles. The molecule has 0 N–H and O–H groups in total. The second-order valence-electron chi connectivity index (χ2n) is 7.48. The lowest BCUT2D eigenvalue weighted by Crippen LogP contribution is -2.28. The van der Waals surface area contributed by atoms with E-state index in [4.69, 9.17) is 9.47 Å². The number of hydrogen-bond donors (Lipinski definition) is 0. The first-order valence-corrected chi connectivity index (χ1v) is 10.2. The number of methoxy groups -OCH3 is 1. The van der Waals surface area contributed by atoms with E-state index in [1.807, 2.05) is 48.5 Å². The van der Waals surface area contributed by atoms with Crippen molar-refractivity contribution in [2.24, 2.45) is 0 Å². The molecule has 3 aromatic rings. The van der Waals surface area contributed by atoms with Gasteiger partial charge in [-0.05, 0) is 52.9 Å². The second kappa shape index (κ2) is 9.59. The Hall–Kier alpha value is -3.11. The van der Waals surface area contributed by atoms with Crippen LogP contribution in [0.1, 0.15) is 23.1 Å². The lowest BCUT2D eigenvalue weighted by atomic mass is 9.99. The van der Waals surface area contributed by atoms with Gasteiger partial charge in [-0.1, -0.05) is 54.6 Å². The van der Waals surface area contributed by atoms with Crippen LogP contribution in [0.2, 0.25) is 0 Å². The normalized spacial score (nSPS) is 14.3. The maximum absolute atomic E-state index is 13.1. The molecule has 0 radical (unpaired) electrons. The van der Waals surface area contributed by atoms with Crippen molar-refractivity contribution >= 4 is 5.57 Å². The molecular formula is C26H26FNO2. The van der Waals surface area contributed by atoms with Gasteiger partial charge in [0.15, 0.2) is 11.5 Å². The minimum absolute atomic E-state index is 0.193. The Kier molecular flexibility index (Phi) is 6.45. The van der Waals surface area contributed by atoms with Gasteiger partial charge in [-0.15, -0.1) is 0 Å². The molecule has 0 bridgehead atoms. The van der Waals surface area contributed by atoms with Gasteiger partial charge in [-0.25, -0.2) is 4.39 Å². The third-order valence-electron chi connectivity index (χ3n) is 5.38. The van der Waals surface area contributed by atoms with Crippen LogP contribution < -0.4 is 9.47 Å². The van der Waals surface area contributed by atoms with Crippen molar-refractivity contribution in [2.45, 2.75) is 19.6 Å². The van der Waals surface area contributed by atoms with Crippen molar-refractivity contribution in [3.05, 3.63) is 101 Å². The summed E-state index contributed by atoms with van der Waals surface area (Å²) >= 11 is 0. The fraction of sp³-hybridized carbons (Fsp3) is 0.231. The molecular weight excluding hydrogens is 377 g/mol. The first-order valence-electron chi connectivity index (χ1n) is 10.2. The van der Waals surface area contributed by atoms with Gasteiger partial charge in [0.25, 0.3) is 0 Å². The summed E-state index contributed by atoms with van der Waals surface area (Å²) in [5, 5.41) is 0. The van der Waals surface area contributed by atoms with E-state index in [-0.39, 0.29) is 5.82 Å². The molecule has 4 rings (SSSR count). The third-order valence-corrected chi connectivity index (χ3v) is 5.38. The summed E-state index contributed by atoms with van der Waals surface area (Å²) in [7, 11) is 1.67. The van der Waals surface area contributed by atoms with Crippen molar-refractivity contribution in [1.29, 1.82) is 0 Å². The molecule has 0 spiro atoms. The number of ether oxygens (including phenoxy) is 2. The molecule has 30 heavy (non-hydrogen) atoms. The van der Waals surface area contributed by atoms with E-state index < -0.39 is 0 Å². The van der Waals surface area contributed by atoms with Crippen molar-refractivity contribution in [1.82, 2.24) is 4.90 Å². The Bertz CT molecular complexity index is 999. The van der Waals surface area contributed by atoms with Gasteiger partial charge < -0.3 is 9.47 Å². The quantitative estimate of drug-likeness (QED) is 0.505. The first-order chi connectivity index (χ1) is 14.7. The lowest BCUT2D eigenvalue weighted by molar-refractivity contribution is 0.280. The van der Waals surface area contributed by atoms with Crippen molar-refractivity contribution in [2.75, 3.05) is 20.2 Å². The smallest absolute Gasteiger partial charge is 0.161 e. The summed E-state index contributed by atoms with van der Waals surface area (Å²) in [6.45, 7) is 3.21. The molecule has 1 aliphatic heterocycles. The van der Waals surface area contributed by atoms with Gasteiger partial charge in [-0.3, -0.25) is 4.90 Å². The summed E-state index contributed by atoms with van der Waals surface area (Å²) in [4.78, 5) is 2.40. The molecule has 3 nitrogen and oxygen atoms in total. The molecule has 0 aromatic heterocycles. The van der Waals surface area contributed by atoms with E-state index in [2.05, 4.69) is 23.1 Å². The molecule has 1 heterocycles. The number of nitrogens with zero attached hydrogens (tertiary/aromatic N) is 1. The Morgan fingerprint density at radius 1 is 0.900 bits per heavy atom. The fourth-order valence-corrected chi connectivity index (χ4v) is 3.70. The number of halogens is 1. The number of rotatable bonds is 7. The molecule has 154 valence electrons. The Morgan fingerprint density at radius 2 is 1.70 bits per heavy atom. The van der Waals surface area contributed by atoms with Crippen molar-refractivity contribution in [3.8, 4) is 11.5 Å². The van der Waals surface area contributed by atoms with Crippen LogP contribution in [0.15, 0.2) is 78.9 Å². The molecule has 0 unspecified atom stereocenters. The van der Waals surface area contributed by atoms with Crippen LogP contribution in [0.4, 0.5) is 4.39 Å². The van der Waals surface area contributed by atoms with Gasteiger partial charge in [-0.2, -0.15) is 0 Å². The molecule has 4 heteroatoms. The first kappa shape index (κ1) is 20.2. The van der Waals surface area contributed by atoms with E-state index >= 15 is 0 Å². The predicted octanol–water partition coefficient (Wildman–Crippen LogP) is 5.70. The Labute approximate surface area is 177 Å². The number of benzene rings is 3. The highest BCUT2D eigenvalue weighted by Gasteiger charge is 2.15. The number of hydrogen-bond acceptors (Lipinski definition) is 3. The van der Waals surface area contributed by atoms with Crippen LogP contribution in [-0.4, -0.2) is 25.1 Å². The van der Waals surface area contributed by atoms with Crippen molar-refractivity contribution in [3.63, 3.8) is 0 Å². The summed E-state index contributed by atoms with van der Waals surface area (Å²) in [6, 6.07) is 23.0. The average Bonchev–Trinajstić information content (AvgIpc) is 2.80. The fourth-order valence-electron chi connectivity index (χ4n) is 3.70. The Balaban J connectivity index is 1.37. The average molecular weight is 403 g/mol. The molecule has 0 fully saturated rings.